The van der Waals surface area contributed by atoms with Gasteiger partial charge in [-0.2, -0.15) is 0 Å². The van der Waals surface area contributed by atoms with Gasteiger partial charge >= 0.3 is 0 Å². The molecule has 1 amide bonds. The Bertz CT molecular complexity index is 264. The van der Waals surface area contributed by atoms with E-state index in [0.717, 1.165) is 32.7 Å². The van der Waals surface area contributed by atoms with E-state index in [2.05, 4.69) is 15.5 Å². The topological polar surface area (TPSA) is 44.4 Å². The Balaban J connectivity index is 0.00000144. The summed E-state index contributed by atoms with van der Waals surface area (Å²) in [4.78, 5) is 14.1. The zero-order valence-electron chi connectivity index (χ0n) is 10.8. The van der Waals surface area contributed by atoms with Gasteiger partial charge in [-0.15, -0.1) is 12.4 Å². The highest BCUT2D eigenvalue weighted by Crippen LogP contribution is 2.21. The largest absolute Gasteiger partial charge is 0.353 e. The molecule has 5 heteroatoms. The maximum atomic E-state index is 11.8. The predicted octanol–water partition coefficient (Wildman–Crippen LogP) is 0.618. The molecule has 2 N–H and O–H groups in total. The van der Waals surface area contributed by atoms with Crippen molar-refractivity contribution in [3.05, 3.63) is 0 Å². The molecule has 2 fully saturated rings. The van der Waals surface area contributed by atoms with E-state index in [0.29, 0.717) is 5.92 Å². The third kappa shape index (κ3) is 3.33. The molecular formula is C12H24ClN3O. The van der Waals surface area contributed by atoms with Gasteiger partial charge in [-0.3, -0.25) is 9.69 Å². The molecule has 0 saturated carbocycles. The average molecular weight is 262 g/mol. The van der Waals surface area contributed by atoms with Crippen molar-refractivity contribution in [3.8, 4) is 0 Å². The molecule has 2 aliphatic rings. The van der Waals surface area contributed by atoms with Gasteiger partial charge < -0.3 is 10.6 Å². The summed E-state index contributed by atoms with van der Waals surface area (Å²) >= 11 is 0. The Morgan fingerprint density at radius 3 is 2.82 bits per heavy atom. The Hall–Kier alpha value is -0.320. The summed E-state index contributed by atoms with van der Waals surface area (Å²) in [5.74, 6) is 0.876. The van der Waals surface area contributed by atoms with Crippen molar-refractivity contribution in [1.29, 1.82) is 0 Å². The quantitative estimate of drug-likeness (QED) is 0.766. The van der Waals surface area contributed by atoms with E-state index >= 15 is 0 Å². The van der Waals surface area contributed by atoms with Crippen LogP contribution in [-0.2, 0) is 4.79 Å². The summed E-state index contributed by atoms with van der Waals surface area (Å²) in [6.07, 6.45) is 2.56. The van der Waals surface area contributed by atoms with E-state index in [1.807, 2.05) is 13.8 Å². The van der Waals surface area contributed by atoms with Gasteiger partial charge in [0.1, 0.15) is 0 Å². The Morgan fingerprint density at radius 2 is 2.18 bits per heavy atom. The van der Waals surface area contributed by atoms with Gasteiger partial charge in [0.05, 0.1) is 5.54 Å². The van der Waals surface area contributed by atoms with Crippen LogP contribution in [-0.4, -0.2) is 49.1 Å². The highest BCUT2D eigenvalue weighted by atomic mass is 35.5. The molecule has 2 saturated heterocycles. The van der Waals surface area contributed by atoms with Gasteiger partial charge in [0.25, 0.3) is 0 Å². The minimum atomic E-state index is -0.338. The van der Waals surface area contributed by atoms with Gasteiger partial charge in [-0.05, 0) is 45.7 Å². The number of nitrogens with zero attached hydrogens (tertiary/aromatic N) is 1. The van der Waals surface area contributed by atoms with Crippen LogP contribution in [0.15, 0.2) is 0 Å². The summed E-state index contributed by atoms with van der Waals surface area (Å²) in [6.45, 7) is 9.13. The monoisotopic (exact) mass is 261 g/mol. The molecule has 100 valence electrons. The van der Waals surface area contributed by atoms with Crippen molar-refractivity contribution in [2.75, 3.05) is 32.7 Å². The van der Waals surface area contributed by atoms with E-state index in [1.165, 1.54) is 12.8 Å². The van der Waals surface area contributed by atoms with Crippen LogP contribution >= 0.6 is 12.4 Å². The molecule has 0 aromatic carbocycles. The van der Waals surface area contributed by atoms with Gasteiger partial charge in [-0.1, -0.05) is 0 Å². The molecule has 1 atom stereocenters. The van der Waals surface area contributed by atoms with E-state index < -0.39 is 0 Å². The smallest absolute Gasteiger partial charge is 0.239 e. The molecule has 4 nitrogen and oxygen atoms in total. The zero-order valence-corrected chi connectivity index (χ0v) is 11.6. The van der Waals surface area contributed by atoms with Gasteiger partial charge in [-0.25, -0.2) is 0 Å². The number of piperazine rings is 1. The minimum absolute atomic E-state index is 0. The van der Waals surface area contributed by atoms with E-state index in [9.17, 15) is 4.79 Å². The number of amides is 1. The van der Waals surface area contributed by atoms with Crippen molar-refractivity contribution < 1.29 is 4.79 Å². The summed E-state index contributed by atoms with van der Waals surface area (Å²) in [5.41, 5.74) is -0.338. The van der Waals surface area contributed by atoms with Crippen LogP contribution in [0.2, 0.25) is 0 Å². The van der Waals surface area contributed by atoms with Crippen molar-refractivity contribution >= 4 is 18.3 Å². The van der Waals surface area contributed by atoms with Crippen LogP contribution in [0.5, 0.6) is 0 Å². The number of piperidine rings is 1. The lowest BCUT2D eigenvalue weighted by Crippen LogP contribution is -2.63. The molecule has 0 aliphatic carbocycles. The first-order valence-corrected chi connectivity index (χ1v) is 6.35. The molecule has 0 bridgehead atoms. The molecule has 2 heterocycles. The number of hydrogen-bond donors (Lipinski definition) is 2. The second-order valence-electron chi connectivity index (χ2n) is 5.47. The third-order valence-corrected chi connectivity index (χ3v) is 3.89. The summed E-state index contributed by atoms with van der Waals surface area (Å²) in [5, 5.41) is 6.38. The number of rotatable bonds is 2. The highest BCUT2D eigenvalue weighted by Gasteiger charge is 2.38. The van der Waals surface area contributed by atoms with E-state index in [1.54, 1.807) is 0 Å². The Kier molecular flexibility index (Phi) is 5.22. The first kappa shape index (κ1) is 14.7. The van der Waals surface area contributed by atoms with Gasteiger partial charge in [0, 0.05) is 19.6 Å². The molecule has 1 unspecified atom stereocenters. The molecule has 0 aromatic heterocycles. The maximum Gasteiger partial charge on any atom is 0.239 e. The molecule has 2 aliphatic heterocycles. The van der Waals surface area contributed by atoms with Crippen molar-refractivity contribution in [2.45, 2.75) is 32.2 Å². The first-order chi connectivity index (χ1) is 7.60. The summed E-state index contributed by atoms with van der Waals surface area (Å²) in [7, 11) is 0. The number of carbonyl (C=O) groups excluding carboxylic acids is 1. The summed E-state index contributed by atoms with van der Waals surface area (Å²) < 4.78 is 0. The Morgan fingerprint density at radius 1 is 1.41 bits per heavy atom. The second kappa shape index (κ2) is 6.03. The molecule has 0 aromatic rings. The minimum Gasteiger partial charge on any atom is -0.353 e. The predicted molar refractivity (Wildman–Crippen MR) is 71.5 cm³/mol. The second-order valence-corrected chi connectivity index (χ2v) is 5.47. The normalized spacial score (nSPS) is 29.3. The number of nitrogens with one attached hydrogen (secondary N) is 2. The number of hydrogen-bond acceptors (Lipinski definition) is 3. The SMILES string of the molecule is CC1(C)C(=O)NCCN1CC1CCCNC1.Cl. The molecule has 17 heavy (non-hydrogen) atoms. The van der Waals surface area contributed by atoms with Gasteiger partial charge in [0.2, 0.25) is 5.91 Å². The Labute approximate surface area is 110 Å². The summed E-state index contributed by atoms with van der Waals surface area (Å²) in [6, 6.07) is 0. The molecule has 2 rings (SSSR count). The fourth-order valence-electron chi connectivity index (χ4n) is 2.65. The fourth-order valence-corrected chi connectivity index (χ4v) is 2.65. The number of carbonyl (C=O) groups is 1. The maximum absolute atomic E-state index is 11.8. The lowest BCUT2D eigenvalue weighted by atomic mass is 9.93. The van der Waals surface area contributed by atoms with Crippen LogP contribution in [0.4, 0.5) is 0 Å². The van der Waals surface area contributed by atoms with Crippen LogP contribution in [0, 0.1) is 5.92 Å². The van der Waals surface area contributed by atoms with Crippen molar-refractivity contribution in [1.82, 2.24) is 15.5 Å². The highest BCUT2D eigenvalue weighted by molar-refractivity contribution is 5.86. The van der Waals surface area contributed by atoms with Crippen LogP contribution in [0.3, 0.4) is 0 Å². The molecule has 0 spiro atoms. The van der Waals surface area contributed by atoms with Crippen LogP contribution in [0.25, 0.3) is 0 Å². The van der Waals surface area contributed by atoms with Gasteiger partial charge in [0.15, 0.2) is 0 Å². The zero-order chi connectivity index (χ0) is 11.6. The van der Waals surface area contributed by atoms with Crippen LogP contribution < -0.4 is 10.6 Å². The molecule has 0 radical (unpaired) electrons. The fraction of sp³-hybridized carbons (Fsp3) is 0.917. The van der Waals surface area contributed by atoms with Crippen LogP contribution in [0.1, 0.15) is 26.7 Å². The standard InChI is InChI=1S/C12H23N3O.ClH/c1-12(2)11(16)14-6-7-15(12)9-10-4-3-5-13-8-10;/h10,13H,3-9H2,1-2H3,(H,14,16);1H. The van der Waals surface area contributed by atoms with Crippen molar-refractivity contribution in [3.63, 3.8) is 0 Å². The number of halogens is 1. The van der Waals surface area contributed by atoms with E-state index in [-0.39, 0.29) is 23.9 Å². The molecular weight excluding hydrogens is 238 g/mol. The lowest BCUT2D eigenvalue weighted by Gasteiger charge is -2.43. The first-order valence-electron chi connectivity index (χ1n) is 6.35. The van der Waals surface area contributed by atoms with E-state index in [4.69, 9.17) is 0 Å². The average Bonchev–Trinajstić information content (AvgIpc) is 2.27. The van der Waals surface area contributed by atoms with Crippen molar-refractivity contribution in [2.24, 2.45) is 5.92 Å². The lowest BCUT2D eigenvalue weighted by molar-refractivity contribution is -0.135. The third-order valence-electron chi connectivity index (χ3n) is 3.89.